The van der Waals surface area contributed by atoms with Gasteiger partial charge < -0.3 is 0 Å². The van der Waals surface area contributed by atoms with Crippen molar-refractivity contribution in [3.63, 3.8) is 0 Å². The summed E-state index contributed by atoms with van der Waals surface area (Å²) in [5.41, 5.74) is 1.59. The molecule has 0 aliphatic rings. The number of unbranched alkanes of at least 4 members (excludes halogenated alkanes) is 4. The Morgan fingerprint density at radius 3 is 1.78 bits per heavy atom. The van der Waals surface area contributed by atoms with Crippen molar-refractivity contribution in [2.75, 3.05) is 5.33 Å². The molecule has 0 saturated carbocycles. The van der Waals surface area contributed by atoms with Crippen LogP contribution in [0.3, 0.4) is 0 Å². The molecule has 0 bridgehead atoms. The molecule has 0 aromatic heterocycles. The van der Waals surface area contributed by atoms with Gasteiger partial charge in [-0.15, -0.1) is 9.42 Å². The van der Waals surface area contributed by atoms with Gasteiger partial charge in [-0.2, -0.15) is 0 Å². The SMILES string of the molecule is O=[P+](O)OC(CCCCCCCBr)(Cc1ccccc1)Cc1ccccc1. The summed E-state index contributed by atoms with van der Waals surface area (Å²) in [4.78, 5) is 9.60. The molecule has 2 aromatic rings. The molecule has 0 aliphatic heterocycles. The molecule has 0 saturated heterocycles. The Labute approximate surface area is 172 Å². The molecule has 0 amide bonds. The second kappa shape index (κ2) is 12.4. The Kier molecular flexibility index (Phi) is 10.2. The van der Waals surface area contributed by atoms with E-state index in [1.54, 1.807) is 0 Å². The van der Waals surface area contributed by atoms with E-state index in [0.29, 0.717) is 12.8 Å². The molecule has 0 aliphatic carbocycles. The highest BCUT2D eigenvalue weighted by molar-refractivity contribution is 9.09. The van der Waals surface area contributed by atoms with Crippen LogP contribution >= 0.6 is 24.2 Å². The molecule has 0 heterocycles. The maximum atomic E-state index is 11.7. The van der Waals surface area contributed by atoms with Crippen LogP contribution in [0.25, 0.3) is 0 Å². The minimum Gasteiger partial charge on any atom is -0.133 e. The van der Waals surface area contributed by atoms with Crippen molar-refractivity contribution < 1.29 is 14.0 Å². The first-order chi connectivity index (χ1) is 13.1. The first-order valence-electron chi connectivity index (χ1n) is 9.63. The van der Waals surface area contributed by atoms with Crippen molar-refractivity contribution in [2.45, 2.75) is 57.0 Å². The fraction of sp³-hybridized carbons (Fsp3) is 0.455. The van der Waals surface area contributed by atoms with Crippen LogP contribution in [0.4, 0.5) is 0 Å². The summed E-state index contributed by atoms with van der Waals surface area (Å²) in [6, 6.07) is 20.2. The quantitative estimate of drug-likeness (QED) is 0.211. The van der Waals surface area contributed by atoms with E-state index in [1.807, 2.05) is 36.4 Å². The lowest BCUT2D eigenvalue weighted by molar-refractivity contribution is 0.0533. The molecule has 3 nitrogen and oxygen atoms in total. The second-order valence-corrected chi connectivity index (χ2v) is 8.49. The molecule has 0 fully saturated rings. The number of hydrogen-bond donors (Lipinski definition) is 1. The molecule has 1 N–H and O–H groups in total. The summed E-state index contributed by atoms with van der Waals surface area (Å²) >= 11 is 3.47. The summed E-state index contributed by atoms with van der Waals surface area (Å²) in [7, 11) is -2.67. The molecule has 5 heteroatoms. The smallest absolute Gasteiger partial charge is 0.133 e. The first-order valence-corrected chi connectivity index (χ1v) is 11.9. The molecule has 146 valence electrons. The zero-order valence-corrected chi connectivity index (χ0v) is 18.2. The first kappa shape index (κ1) is 22.2. The Morgan fingerprint density at radius 2 is 1.30 bits per heavy atom. The van der Waals surface area contributed by atoms with Gasteiger partial charge in [-0.3, -0.25) is 0 Å². The van der Waals surface area contributed by atoms with E-state index in [2.05, 4.69) is 40.2 Å². The Bertz CT molecular complexity index is 622. The van der Waals surface area contributed by atoms with Gasteiger partial charge in [0.15, 0.2) is 0 Å². The van der Waals surface area contributed by atoms with E-state index in [-0.39, 0.29) is 0 Å². The van der Waals surface area contributed by atoms with Gasteiger partial charge in [-0.1, -0.05) is 102 Å². The van der Waals surface area contributed by atoms with Crippen molar-refractivity contribution in [2.24, 2.45) is 0 Å². The highest BCUT2D eigenvalue weighted by Gasteiger charge is 2.40. The van der Waals surface area contributed by atoms with E-state index in [0.717, 1.165) is 35.7 Å². The van der Waals surface area contributed by atoms with Crippen molar-refractivity contribution in [1.29, 1.82) is 0 Å². The topological polar surface area (TPSA) is 46.5 Å². The van der Waals surface area contributed by atoms with Gasteiger partial charge in [0.05, 0.1) is 0 Å². The molecule has 2 aromatic carbocycles. The maximum Gasteiger partial charge on any atom is 0.695 e. The monoisotopic (exact) mass is 451 g/mol. The minimum atomic E-state index is -2.67. The standard InChI is InChI=1S/C22H28BrO3P/c23-17-11-3-1-2-10-16-22(26-27(24)25,18-20-12-6-4-7-13-20)19-21-14-8-5-9-15-21/h4-9,12-15H,1-3,10-11,16-19H2/p+1. The molecule has 0 spiro atoms. The Morgan fingerprint density at radius 1 is 0.815 bits per heavy atom. The number of rotatable bonds is 13. The van der Waals surface area contributed by atoms with Crippen LogP contribution in [-0.2, 0) is 21.9 Å². The van der Waals surface area contributed by atoms with Gasteiger partial charge >= 0.3 is 8.25 Å². The van der Waals surface area contributed by atoms with Gasteiger partial charge in [0.25, 0.3) is 0 Å². The molecular formula is C22H29BrO3P+. The van der Waals surface area contributed by atoms with Gasteiger partial charge in [0.2, 0.25) is 0 Å². The van der Waals surface area contributed by atoms with E-state index >= 15 is 0 Å². The third-order valence-corrected chi connectivity index (χ3v) is 5.88. The molecule has 27 heavy (non-hydrogen) atoms. The lowest BCUT2D eigenvalue weighted by Crippen LogP contribution is -2.36. The molecule has 2 rings (SSSR count). The largest absolute Gasteiger partial charge is 0.695 e. The average molecular weight is 452 g/mol. The summed E-state index contributed by atoms with van der Waals surface area (Å²) in [5.74, 6) is 0. The third kappa shape index (κ3) is 8.66. The highest BCUT2D eigenvalue weighted by atomic mass is 79.9. The second-order valence-electron chi connectivity index (χ2n) is 7.04. The Hall–Kier alpha value is -1.06. The summed E-state index contributed by atoms with van der Waals surface area (Å²) in [6.45, 7) is 0. The number of halogens is 1. The predicted molar refractivity (Wildman–Crippen MR) is 115 cm³/mol. The summed E-state index contributed by atoms with van der Waals surface area (Å²) in [5, 5.41) is 1.05. The van der Waals surface area contributed by atoms with Crippen LogP contribution in [-0.4, -0.2) is 15.8 Å². The van der Waals surface area contributed by atoms with Gasteiger partial charge in [0.1, 0.15) is 5.60 Å². The molecule has 1 unspecified atom stereocenters. The van der Waals surface area contributed by atoms with Crippen molar-refractivity contribution in [1.82, 2.24) is 0 Å². The zero-order chi connectivity index (χ0) is 19.4. The van der Waals surface area contributed by atoms with E-state index in [4.69, 9.17) is 4.52 Å². The fourth-order valence-electron chi connectivity index (χ4n) is 3.52. The van der Waals surface area contributed by atoms with E-state index in [9.17, 15) is 9.46 Å². The molecule has 0 radical (unpaired) electrons. The molecule has 1 atom stereocenters. The lowest BCUT2D eigenvalue weighted by atomic mass is 9.83. The van der Waals surface area contributed by atoms with E-state index in [1.165, 1.54) is 19.3 Å². The number of alkyl halides is 1. The van der Waals surface area contributed by atoms with Gasteiger partial charge in [-0.25, -0.2) is 0 Å². The van der Waals surface area contributed by atoms with Crippen LogP contribution in [0.5, 0.6) is 0 Å². The van der Waals surface area contributed by atoms with Crippen molar-refractivity contribution >= 4 is 24.2 Å². The lowest BCUT2D eigenvalue weighted by Gasteiger charge is -2.28. The molecular weight excluding hydrogens is 423 g/mol. The van der Waals surface area contributed by atoms with Crippen LogP contribution in [0.2, 0.25) is 0 Å². The van der Waals surface area contributed by atoms with Crippen LogP contribution in [0, 0.1) is 0 Å². The van der Waals surface area contributed by atoms with Crippen LogP contribution in [0.15, 0.2) is 60.7 Å². The van der Waals surface area contributed by atoms with E-state index < -0.39 is 13.9 Å². The average Bonchev–Trinajstić information content (AvgIpc) is 2.65. The summed E-state index contributed by atoms with van der Waals surface area (Å²) in [6.07, 6.45) is 7.73. The Balaban J connectivity index is 2.14. The van der Waals surface area contributed by atoms with Crippen LogP contribution in [0.1, 0.15) is 49.7 Å². The predicted octanol–water partition coefficient (Wildman–Crippen LogP) is 6.61. The normalized spacial score (nSPS) is 12.1. The zero-order valence-electron chi connectivity index (χ0n) is 15.7. The van der Waals surface area contributed by atoms with Crippen molar-refractivity contribution in [3.8, 4) is 0 Å². The number of hydrogen-bond acceptors (Lipinski definition) is 2. The minimum absolute atomic E-state index is 0.631. The van der Waals surface area contributed by atoms with Crippen LogP contribution < -0.4 is 0 Å². The van der Waals surface area contributed by atoms with Gasteiger partial charge in [0, 0.05) is 22.7 Å². The summed E-state index contributed by atoms with van der Waals surface area (Å²) < 4.78 is 17.4. The van der Waals surface area contributed by atoms with Crippen molar-refractivity contribution in [3.05, 3.63) is 71.8 Å². The highest BCUT2D eigenvalue weighted by Crippen LogP contribution is 2.36. The third-order valence-electron chi connectivity index (χ3n) is 4.78. The fourth-order valence-corrected chi connectivity index (χ4v) is 4.47. The number of benzene rings is 2. The van der Waals surface area contributed by atoms with Gasteiger partial charge in [-0.05, 0) is 24.0 Å². The maximum absolute atomic E-state index is 11.7.